The number of hydrogen-bond donors (Lipinski definition) is 1. The molecule has 0 radical (unpaired) electrons. The zero-order chi connectivity index (χ0) is 17.0. The topological polar surface area (TPSA) is 98.5 Å². The van der Waals surface area contributed by atoms with E-state index in [2.05, 4.69) is 4.72 Å². The normalized spacial score (nSPS) is 11.2. The quantitative estimate of drug-likeness (QED) is 0.646. The molecule has 23 heavy (non-hydrogen) atoms. The number of nitro benzene ring substituents is 1. The van der Waals surface area contributed by atoms with Crippen LogP contribution in [0.15, 0.2) is 47.4 Å². The molecule has 0 amide bonds. The molecule has 0 bridgehead atoms. The Morgan fingerprint density at radius 2 is 1.96 bits per heavy atom. The van der Waals surface area contributed by atoms with Gasteiger partial charge in [-0.15, -0.1) is 0 Å². The molecule has 0 aliphatic rings. The number of ether oxygens (including phenoxy) is 1. The van der Waals surface area contributed by atoms with Crippen LogP contribution < -0.4 is 4.72 Å². The molecule has 1 N–H and O–H groups in total. The Kier molecular flexibility index (Phi) is 4.97. The number of aryl methyl sites for hydroxylation is 1. The van der Waals surface area contributed by atoms with Crippen molar-refractivity contribution in [2.24, 2.45) is 0 Å². The highest BCUT2D eigenvalue weighted by atomic mass is 32.2. The number of hydrogen-bond acceptors (Lipinski definition) is 5. The number of nitro groups is 1. The lowest BCUT2D eigenvalue weighted by Crippen LogP contribution is -2.13. The van der Waals surface area contributed by atoms with E-state index in [4.69, 9.17) is 4.74 Å². The molecule has 8 heteroatoms. The maximum atomic E-state index is 12.4. The highest BCUT2D eigenvalue weighted by Gasteiger charge is 2.20. The Balaban J connectivity index is 2.34. The zero-order valence-electron chi connectivity index (χ0n) is 12.6. The van der Waals surface area contributed by atoms with Gasteiger partial charge in [-0.3, -0.25) is 14.8 Å². The van der Waals surface area contributed by atoms with Crippen LogP contribution >= 0.6 is 0 Å². The Hall–Kier alpha value is -2.45. The summed E-state index contributed by atoms with van der Waals surface area (Å²) in [7, 11) is -2.37. The number of nitrogens with one attached hydrogen (secondary N) is 1. The number of sulfonamides is 1. The molecular formula is C15H16N2O5S. The standard InChI is InChI=1S/C15H16N2O5S/c1-11-6-7-14(9-15(11)17(18)19)23(20,21)16-13-5-3-4-12(8-13)10-22-2/h3-9,16H,10H2,1-2H3. The van der Waals surface area contributed by atoms with E-state index in [9.17, 15) is 18.5 Å². The summed E-state index contributed by atoms with van der Waals surface area (Å²) in [6.07, 6.45) is 0. The highest BCUT2D eigenvalue weighted by molar-refractivity contribution is 7.92. The lowest BCUT2D eigenvalue weighted by Gasteiger charge is -2.10. The van der Waals surface area contributed by atoms with Crippen molar-refractivity contribution in [3.8, 4) is 0 Å². The molecule has 0 saturated carbocycles. The fourth-order valence-corrected chi connectivity index (χ4v) is 3.13. The van der Waals surface area contributed by atoms with Crippen LogP contribution in [0.25, 0.3) is 0 Å². The van der Waals surface area contributed by atoms with E-state index in [1.165, 1.54) is 12.1 Å². The molecule has 0 aliphatic carbocycles. The van der Waals surface area contributed by atoms with Crippen molar-refractivity contribution in [2.45, 2.75) is 18.4 Å². The van der Waals surface area contributed by atoms with Gasteiger partial charge in [-0.25, -0.2) is 8.42 Å². The van der Waals surface area contributed by atoms with Gasteiger partial charge < -0.3 is 4.74 Å². The summed E-state index contributed by atoms with van der Waals surface area (Å²) in [6, 6.07) is 10.5. The number of methoxy groups -OCH3 is 1. The van der Waals surface area contributed by atoms with Crippen molar-refractivity contribution in [1.29, 1.82) is 0 Å². The fraction of sp³-hybridized carbons (Fsp3) is 0.200. The summed E-state index contributed by atoms with van der Waals surface area (Å²) in [6.45, 7) is 1.90. The Bertz CT molecular complexity index is 834. The SMILES string of the molecule is COCc1cccc(NS(=O)(=O)c2ccc(C)c([N+](=O)[O-])c2)c1. The summed E-state index contributed by atoms with van der Waals surface area (Å²) in [5, 5.41) is 11.0. The predicted molar refractivity (Wildman–Crippen MR) is 85.8 cm³/mol. The molecule has 0 fully saturated rings. The van der Waals surface area contributed by atoms with Gasteiger partial charge in [0, 0.05) is 24.4 Å². The minimum absolute atomic E-state index is 0.160. The molecule has 0 aromatic heterocycles. The van der Waals surface area contributed by atoms with Gasteiger partial charge in [0.2, 0.25) is 0 Å². The van der Waals surface area contributed by atoms with Gasteiger partial charge in [0.25, 0.3) is 15.7 Å². The Morgan fingerprint density at radius 1 is 1.22 bits per heavy atom. The van der Waals surface area contributed by atoms with Gasteiger partial charge in [0.15, 0.2) is 0 Å². The molecule has 122 valence electrons. The fourth-order valence-electron chi connectivity index (χ4n) is 2.06. The third kappa shape index (κ3) is 4.05. The van der Waals surface area contributed by atoms with Gasteiger partial charge >= 0.3 is 0 Å². The minimum Gasteiger partial charge on any atom is -0.380 e. The van der Waals surface area contributed by atoms with E-state index in [1.54, 1.807) is 38.3 Å². The van der Waals surface area contributed by atoms with Crippen molar-refractivity contribution in [3.05, 3.63) is 63.7 Å². The highest BCUT2D eigenvalue weighted by Crippen LogP contribution is 2.24. The molecule has 0 heterocycles. The molecule has 0 spiro atoms. The van der Waals surface area contributed by atoms with Crippen LogP contribution in [-0.4, -0.2) is 20.5 Å². The van der Waals surface area contributed by atoms with E-state index in [0.717, 1.165) is 11.6 Å². The van der Waals surface area contributed by atoms with Crippen molar-refractivity contribution in [3.63, 3.8) is 0 Å². The van der Waals surface area contributed by atoms with Crippen LogP contribution in [0, 0.1) is 17.0 Å². The molecule has 0 unspecified atom stereocenters. The van der Waals surface area contributed by atoms with Crippen LogP contribution in [0.4, 0.5) is 11.4 Å². The smallest absolute Gasteiger partial charge is 0.273 e. The summed E-state index contributed by atoms with van der Waals surface area (Å²) in [5.74, 6) is 0. The van der Waals surface area contributed by atoms with Crippen molar-refractivity contribution in [2.75, 3.05) is 11.8 Å². The Labute approximate surface area is 134 Å². The lowest BCUT2D eigenvalue weighted by atomic mass is 10.2. The molecule has 2 aromatic carbocycles. The van der Waals surface area contributed by atoms with Crippen LogP contribution in [-0.2, 0) is 21.4 Å². The third-order valence-electron chi connectivity index (χ3n) is 3.18. The maximum Gasteiger partial charge on any atom is 0.273 e. The Morgan fingerprint density at radius 3 is 2.61 bits per heavy atom. The summed E-state index contributed by atoms with van der Waals surface area (Å²) in [4.78, 5) is 10.2. The lowest BCUT2D eigenvalue weighted by molar-refractivity contribution is -0.385. The first-order valence-corrected chi connectivity index (χ1v) is 8.17. The molecule has 0 saturated heterocycles. The minimum atomic E-state index is -3.91. The largest absolute Gasteiger partial charge is 0.380 e. The average Bonchev–Trinajstić information content (AvgIpc) is 2.47. The van der Waals surface area contributed by atoms with Gasteiger partial charge in [-0.05, 0) is 30.7 Å². The second kappa shape index (κ2) is 6.76. The van der Waals surface area contributed by atoms with E-state index in [0.29, 0.717) is 17.9 Å². The van der Waals surface area contributed by atoms with E-state index < -0.39 is 14.9 Å². The number of benzene rings is 2. The second-order valence-corrected chi connectivity index (χ2v) is 6.63. The van der Waals surface area contributed by atoms with Gasteiger partial charge in [-0.1, -0.05) is 18.2 Å². The monoisotopic (exact) mass is 336 g/mol. The second-order valence-electron chi connectivity index (χ2n) is 4.94. The maximum absolute atomic E-state index is 12.4. The van der Waals surface area contributed by atoms with Crippen LogP contribution in [0.5, 0.6) is 0 Å². The van der Waals surface area contributed by atoms with Crippen molar-refractivity contribution >= 4 is 21.4 Å². The molecular weight excluding hydrogens is 320 g/mol. The van der Waals surface area contributed by atoms with E-state index in [1.807, 2.05) is 0 Å². The summed E-state index contributed by atoms with van der Waals surface area (Å²) < 4.78 is 32.2. The molecule has 2 aromatic rings. The number of nitrogens with zero attached hydrogens (tertiary/aromatic N) is 1. The first-order valence-electron chi connectivity index (χ1n) is 6.69. The predicted octanol–water partition coefficient (Wildman–Crippen LogP) is 2.85. The van der Waals surface area contributed by atoms with Crippen LogP contribution in [0.3, 0.4) is 0 Å². The molecule has 0 atom stereocenters. The van der Waals surface area contributed by atoms with E-state index >= 15 is 0 Å². The number of anilines is 1. The average molecular weight is 336 g/mol. The zero-order valence-corrected chi connectivity index (χ0v) is 13.5. The number of rotatable bonds is 6. The van der Waals surface area contributed by atoms with Crippen LogP contribution in [0.2, 0.25) is 0 Å². The summed E-state index contributed by atoms with van der Waals surface area (Å²) >= 11 is 0. The van der Waals surface area contributed by atoms with Gasteiger partial charge in [0.1, 0.15) is 0 Å². The third-order valence-corrected chi connectivity index (χ3v) is 4.56. The van der Waals surface area contributed by atoms with E-state index in [-0.39, 0.29) is 10.6 Å². The molecule has 7 nitrogen and oxygen atoms in total. The van der Waals surface area contributed by atoms with Gasteiger partial charge in [0.05, 0.1) is 16.4 Å². The first-order chi connectivity index (χ1) is 10.8. The molecule has 2 rings (SSSR count). The van der Waals surface area contributed by atoms with Crippen molar-refractivity contribution < 1.29 is 18.1 Å². The molecule has 0 aliphatic heterocycles. The first kappa shape index (κ1) is 16.9. The summed E-state index contributed by atoms with van der Waals surface area (Å²) in [5.41, 5.74) is 1.34. The van der Waals surface area contributed by atoms with Gasteiger partial charge in [-0.2, -0.15) is 0 Å². The van der Waals surface area contributed by atoms with Crippen molar-refractivity contribution in [1.82, 2.24) is 0 Å². The van der Waals surface area contributed by atoms with Crippen LogP contribution in [0.1, 0.15) is 11.1 Å².